The lowest BCUT2D eigenvalue weighted by Crippen LogP contribution is -2.16. The number of pyridine rings is 1. The lowest BCUT2D eigenvalue weighted by atomic mass is 10.0. The van der Waals surface area contributed by atoms with E-state index in [1.165, 1.54) is 25.7 Å². The number of benzene rings is 2. The predicted molar refractivity (Wildman–Crippen MR) is 136 cm³/mol. The van der Waals surface area contributed by atoms with Gasteiger partial charge in [-0.3, -0.25) is 4.72 Å². The zero-order chi connectivity index (χ0) is 26.9. The maximum atomic E-state index is 14.2. The molecule has 1 atom stereocenters. The van der Waals surface area contributed by atoms with Crippen molar-refractivity contribution in [2.24, 2.45) is 0 Å². The summed E-state index contributed by atoms with van der Waals surface area (Å²) in [6.07, 6.45) is 4.86. The minimum absolute atomic E-state index is 0.00726. The van der Waals surface area contributed by atoms with Crippen molar-refractivity contribution in [1.29, 1.82) is 0 Å². The zero-order valence-corrected chi connectivity index (χ0v) is 21.4. The van der Waals surface area contributed by atoms with Gasteiger partial charge in [0.25, 0.3) is 10.0 Å². The number of hydrogen-bond acceptors (Lipinski definition) is 8. The number of anilines is 1. The fourth-order valence-corrected chi connectivity index (χ4v) is 5.34. The van der Waals surface area contributed by atoms with Crippen molar-refractivity contribution in [3.8, 4) is 22.8 Å². The summed E-state index contributed by atoms with van der Waals surface area (Å²) in [6.45, 7) is 2.91. The largest absolute Gasteiger partial charge is 0.489 e. The molecule has 5 rings (SSSR count). The Morgan fingerprint density at radius 3 is 2.68 bits per heavy atom. The maximum Gasteiger partial charge on any atom is 0.264 e. The first-order chi connectivity index (χ1) is 18.2. The predicted octanol–water partition coefficient (Wildman–Crippen LogP) is 4.65. The minimum Gasteiger partial charge on any atom is -0.489 e. The monoisotopic (exact) mass is 542 g/mol. The molecule has 198 valence electrons. The van der Waals surface area contributed by atoms with Crippen LogP contribution in [0.25, 0.3) is 22.0 Å². The normalized spacial score (nSPS) is 15.5. The maximum absolute atomic E-state index is 14.2. The number of ether oxygens (including phenoxy) is 3. The molecule has 0 amide bonds. The molecule has 0 saturated carbocycles. The lowest BCUT2D eigenvalue weighted by Gasteiger charge is -2.16. The Bertz CT molecular complexity index is 1610. The quantitative estimate of drug-likeness (QED) is 0.343. The second-order valence-corrected chi connectivity index (χ2v) is 10.4. The van der Waals surface area contributed by atoms with Gasteiger partial charge in [0.1, 0.15) is 46.4 Å². The van der Waals surface area contributed by atoms with Crippen molar-refractivity contribution >= 4 is 26.6 Å². The summed E-state index contributed by atoms with van der Waals surface area (Å²) >= 11 is 0. The van der Waals surface area contributed by atoms with Crippen LogP contribution >= 0.6 is 0 Å². The molecule has 0 bridgehead atoms. The van der Waals surface area contributed by atoms with Gasteiger partial charge in [0.2, 0.25) is 5.88 Å². The van der Waals surface area contributed by atoms with E-state index in [0.717, 1.165) is 36.1 Å². The molecule has 9 nitrogen and oxygen atoms in total. The Morgan fingerprint density at radius 2 is 1.95 bits per heavy atom. The summed E-state index contributed by atoms with van der Waals surface area (Å²) in [5.41, 5.74) is 2.51. The fourth-order valence-electron chi connectivity index (χ4n) is 4.23. The number of aromatic nitrogens is 3. The van der Waals surface area contributed by atoms with Crippen LogP contribution < -0.4 is 14.2 Å². The van der Waals surface area contributed by atoms with Gasteiger partial charge >= 0.3 is 0 Å². The van der Waals surface area contributed by atoms with Gasteiger partial charge in [0.05, 0.1) is 13.2 Å². The number of nitrogens with one attached hydrogen (secondary N) is 1. The summed E-state index contributed by atoms with van der Waals surface area (Å²) in [4.78, 5) is 12.2. The van der Waals surface area contributed by atoms with Gasteiger partial charge in [-0.1, -0.05) is 0 Å². The summed E-state index contributed by atoms with van der Waals surface area (Å²) in [7, 11) is -3.10. The molecule has 0 spiro atoms. The second kappa shape index (κ2) is 10.5. The number of halogens is 2. The molecule has 4 aromatic rings. The average Bonchev–Trinajstić information content (AvgIpc) is 3.41. The molecule has 38 heavy (non-hydrogen) atoms. The molecule has 0 radical (unpaired) electrons. The first kappa shape index (κ1) is 25.7. The summed E-state index contributed by atoms with van der Waals surface area (Å²) < 4.78 is 72.7. The van der Waals surface area contributed by atoms with E-state index < -0.39 is 26.6 Å². The molecular formula is C26H24F2N4O5S. The Balaban J connectivity index is 1.54. The van der Waals surface area contributed by atoms with E-state index in [-0.39, 0.29) is 17.7 Å². The van der Waals surface area contributed by atoms with Gasteiger partial charge in [0, 0.05) is 35.5 Å². The van der Waals surface area contributed by atoms with Gasteiger partial charge < -0.3 is 14.2 Å². The first-order valence-electron chi connectivity index (χ1n) is 11.8. The third-order valence-electron chi connectivity index (χ3n) is 6.16. The molecule has 1 N–H and O–H groups in total. The molecule has 2 aromatic heterocycles. The van der Waals surface area contributed by atoms with Gasteiger partial charge in [-0.15, -0.1) is 0 Å². The van der Waals surface area contributed by atoms with E-state index in [0.29, 0.717) is 41.7 Å². The van der Waals surface area contributed by atoms with Crippen molar-refractivity contribution in [2.75, 3.05) is 25.0 Å². The molecule has 1 aliphatic heterocycles. The number of rotatable bonds is 8. The van der Waals surface area contributed by atoms with Crippen LogP contribution in [0, 0.1) is 18.6 Å². The minimum atomic E-state index is -4.43. The van der Waals surface area contributed by atoms with E-state index in [9.17, 15) is 17.2 Å². The van der Waals surface area contributed by atoms with Crippen molar-refractivity contribution in [3.63, 3.8) is 0 Å². The molecule has 1 saturated heterocycles. The van der Waals surface area contributed by atoms with Crippen molar-refractivity contribution in [1.82, 2.24) is 15.0 Å². The molecule has 3 heterocycles. The third kappa shape index (κ3) is 5.22. The smallest absolute Gasteiger partial charge is 0.264 e. The Labute approximate surface area is 217 Å². The van der Waals surface area contributed by atoms with E-state index in [1.54, 1.807) is 6.07 Å². The van der Waals surface area contributed by atoms with Crippen LogP contribution in [0.5, 0.6) is 11.6 Å². The SMILES string of the molecule is COc1ncc(-c2cc(OCC3CCCO3)c3ncnc(C)c3c2)cc1NS(=O)(=O)c1ccc(F)cc1F. The molecule has 0 aliphatic carbocycles. The van der Waals surface area contributed by atoms with E-state index >= 15 is 0 Å². The van der Waals surface area contributed by atoms with E-state index in [4.69, 9.17) is 14.2 Å². The first-order valence-corrected chi connectivity index (χ1v) is 13.3. The topological polar surface area (TPSA) is 113 Å². The zero-order valence-electron chi connectivity index (χ0n) is 20.6. The number of methoxy groups -OCH3 is 1. The lowest BCUT2D eigenvalue weighted by molar-refractivity contribution is 0.0684. The molecular weight excluding hydrogens is 518 g/mol. The molecule has 2 aromatic carbocycles. The van der Waals surface area contributed by atoms with Gasteiger partial charge in [-0.25, -0.2) is 32.2 Å². The molecule has 1 aliphatic rings. The fraction of sp³-hybridized carbons (Fsp3) is 0.269. The highest BCUT2D eigenvalue weighted by atomic mass is 32.2. The van der Waals surface area contributed by atoms with Gasteiger partial charge in [-0.2, -0.15) is 0 Å². The number of sulfonamides is 1. The number of fused-ring (bicyclic) bond motifs is 1. The standard InChI is InChI=1S/C26H24F2N4O5S/c1-15-20-8-16(10-23(25(20)31-14-30-15)37-13-19-4-3-7-36-19)17-9-22(26(35-2)29-12-17)32-38(33,34)24-6-5-18(27)11-21(24)28/h5-6,8-12,14,19,32H,3-4,7,13H2,1-2H3. The molecule has 1 unspecified atom stereocenters. The van der Waals surface area contributed by atoms with Crippen LogP contribution in [0.3, 0.4) is 0 Å². The summed E-state index contributed by atoms with van der Waals surface area (Å²) in [5, 5.41) is 0.749. The van der Waals surface area contributed by atoms with Crippen molar-refractivity contribution < 1.29 is 31.4 Å². The van der Waals surface area contributed by atoms with E-state index in [1.807, 2.05) is 13.0 Å². The van der Waals surface area contributed by atoms with Crippen LogP contribution in [0.2, 0.25) is 0 Å². The molecule has 12 heteroatoms. The Kier molecular flexibility index (Phi) is 7.09. The summed E-state index contributed by atoms with van der Waals surface area (Å²) in [5.74, 6) is -1.63. The van der Waals surface area contributed by atoms with E-state index in [2.05, 4.69) is 19.7 Å². The van der Waals surface area contributed by atoms with Gasteiger partial charge in [0.15, 0.2) is 0 Å². The number of hydrogen-bond donors (Lipinski definition) is 1. The van der Waals surface area contributed by atoms with Crippen LogP contribution in [-0.2, 0) is 14.8 Å². The van der Waals surface area contributed by atoms with Crippen LogP contribution in [0.1, 0.15) is 18.5 Å². The summed E-state index contributed by atoms with van der Waals surface area (Å²) in [6, 6.07) is 7.35. The number of nitrogens with zero attached hydrogens (tertiary/aromatic N) is 3. The van der Waals surface area contributed by atoms with Crippen LogP contribution in [-0.4, -0.2) is 49.8 Å². The number of aryl methyl sites for hydroxylation is 1. The van der Waals surface area contributed by atoms with Crippen molar-refractivity contribution in [2.45, 2.75) is 30.8 Å². The highest BCUT2D eigenvalue weighted by Gasteiger charge is 2.23. The van der Waals surface area contributed by atoms with Crippen LogP contribution in [0.15, 0.2) is 53.8 Å². The third-order valence-corrected chi connectivity index (χ3v) is 7.56. The Hall–Kier alpha value is -3.90. The highest BCUT2D eigenvalue weighted by molar-refractivity contribution is 7.92. The van der Waals surface area contributed by atoms with Crippen molar-refractivity contribution in [3.05, 3.63) is 66.3 Å². The van der Waals surface area contributed by atoms with Gasteiger partial charge in [-0.05, 0) is 55.7 Å². The average molecular weight is 543 g/mol. The second-order valence-electron chi connectivity index (χ2n) is 8.74. The molecule has 1 fully saturated rings. The Morgan fingerprint density at radius 1 is 1.11 bits per heavy atom. The highest BCUT2D eigenvalue weighted by Crippen LogP contribution is 2.36. The van der Waals surface area contributed by atoms with Crippen LogP contribution in [0.4, 0.5) is 14.5 Å².